The van der Waals surface area contributed by atoms with Crippen LogP contribution in [-0.4, -0.2) is 0 Å². The second kappa shape index (κ2) is 5.44. The van der Waals surface area contributed by atoms with E-state index in [-0.39, 0.29) is 11.6 Å². The highest BCUT2D eigenvalue weighted by molar-refractivity contribution is 5.70. The third-order valence-electron chi connectivity index (χ3n) is 3.19. The van der Waals surface area contributed by atoms with Gasteiger partial charge >= 0.3 is 0 Å². The third-order valence-corrected chi connectivity index (χ3v) is 3.19. The number of rotatable bonds is 2. The van der Waals surface area contributed by atoms with E-state index in [9.17, 15) is 13.2 Å². The molecule has 0 spiro atoms. The highest BCUT2D eigenvalue weighted by Crippen LogP contribution is 2.27. The van der Waals surface area contributed by atoms with Crippen LogP contribution in [0, 0.1) is 23.5 Å². The Kier molecular flexibility index (Phi) is 3.48. The summed E-state index contributed by atoms with van der Waals surface area (Å²) in [7, 11) is 0. The van der Waals surface area contributed by atoms with Crippen LogP contribution in [0.3, 0.4) is 0 Å². The molecule has 3 heteroatoms. The zero-order chi connectivity index (χ0) is 14.8. The summed E-state index contributed by atoms with van der Waals surface area (Å²) in [6.45, 7) is 0. The monoisotopic (exact) mass is 283 g/mol. The molecule has 0 saturated carbocycles. The molecule has 3 aromatic rings. The van der Waals surface area contributed by atoms with Crippen LogP contribution < -0.4 is 0 Å². The van der Waals surface area contributed by atoms with Crippen molar-refractivity contribution in [3.63, 3.8) is 0 Å². The molecule has 3 rings (SSSR count). The molecule has 0 heterocycles. The standard InChI is InChI=1S/C18H10F3/c19-15-7-4-12(5-8-15)17-9-6-14(11-18(17)21)13-2-1-3-16(20)10-13/h1-10H. The molecule has 0 nitrogen and oxygen atoms in total. The minimum atomic E-state index is -0.552. The SMILES string of the molecule is Fc1ccc(-c2ccc(-c3cccc(F)c3)[c]c2F)cc1. The van der Waals surface area contributed by atoms with Crippen molar-refractivity contribution in [2.45, 2.75) is 0 Å². The van der Waals surface area contributed by atoms with Gasteiger partial charge in [0.25, 0.3) is 0 Å². The Bertz CT molecular complexity index is 777. The van der Waals surface area contributed by atoms with Crippen molar-refractivity contribution in [1.82, 2.24) is 0 Å². The Morgan fingerprint density at radius 2 is 1.43 bits per heavy atom. The van der Waals surface area contributed by atoms with Crippen LogP contribution in [0.2, 0.25) is 0 Å². The molecule has 3 aromatic carbocycles. The molecule has 1 radical (unpaired) electrons. The fourth-order valence-corrected chi connectivity index (χ4v) is 2.14. The first-order valence-corrected chi connectivity index (χ1v) is 6.37. The maximum absolute atomic E-state index is 14.2. The van der Waals surface area contributed by atoms with Gasteiger partial charge in [0.2, 0.25) is 0 Å². The molecule has 0 atom stereocenters. The van der Waals surface area contributed by atoms with E-state index in [1.54, 1.807) is 24.3 Å². The Morgan fingerprint density at radius 1 is 0.667 bits per heavy atom. The minimum Gasteiger partial charge on any atom is -0.207 e. The first kappa shape index (κ1) is 13.4. The first-order chi connectivity index (χ1) is 10.1. The van der Waals surface area contributed by atoms with Gasteiger partial charge in [-0.2, -0.15) is 0 Å². The van der Waals surface area contributed by atoms with Crippen LogP contribution in [-0.2, 0) is 0 Å². The zero-order valence-electron chi connectivity index (χ0n) is 10.9. The molecule has 0 N–H and O–H groups in total. The minimum absolute atomic E-state index is 0.329. The van der Waals surface area contributed by atoms with Crippen molar-refractivity contribution < 1.29 is 13.2 Å². The Morgan fingerprint density at radius 3 is 2.10 bits per heavy atom. The van der Waals surface area contributed by atoms with Crippen molar-refractivity contribution in [3.8, 4) is 22.3 Å². The first-order valence-electron chi connectivity index (χ1n) is 6.37. The number of hydrogen-bond acceptors (Lipinski definition) is 0. The summed E-state index contributed by atoms with van der Waals surface area (Å²) < 4.78 is 40.3. The second-order valence-electron chi connectivity index (χ2n) is 4.62. The number of benzene rings is 3. The van der Waals surface area contributed by atoms with E-state index in [0.29, 0.717) is 22.3 Å². The van der Waals surface area contributed by atoms with Gasteiger partial charge in [-0.1, -0.05) is 36.4 Å². The Balaban J connectivity index is 2.02. The van der Waals surface area contributed by atoms with Crippen LogP contribution in [0.5, 0.6) is 0 Å². The van der Waals surface area contributed by atoms with Crippen LogP contribution in [0.25, 0.3) is 22.3 Å². The van der Waals surface area contributed by atoms with Gasteiger partial charge in [-0.25, -0.2) is 13.2 Å². The lowest BCUT2D eigenvalue weighted by atomic mass is 9.99. The fourth-order valence-electron chi connectivity index (χ4n) is 2.14. The highest BCUT2D eigenvalue weighted by atomic mass is 19.1. The zero-order valence-corrected chi connectivity index (χ0v) is 10.9. The van der Waals surface area contributed by atoms with Gasteiger partial charge in [-0.05, 0) is 41.0 Å². The smallest absolute Gasteiger partial charge is 0.139 e. The van der Waals surface area contributed by atoms with Crippen molar-refractivity contribution in [2.75, 3.05) is 0 Å². The highest BCUT2D eigenvalue weighted by Gasteiger charge is 2.08. The maximum atomic E-state index is 14.2. The summed E-state index contributed by atoms with van der Waals surface area (Å²) in [4.78, 5) is 0. The second-order valence-corrected chi connectivity index (χ2v) is 4.62. The van der Waals surface area contributed by atoms with Crippen LogP contribution in [0.1, 0.15) is 0 Å². The van der Waals surface area contributed by atoms with Gasteiger partial charge in [-0.3, -0.25) is 0 Å². The van der Waals surface area contributed by atoms with Crippen LogP contribution in [0.15, 0.2) is 60.7 Å². The van der Waals surface area contributed by atoms with Gasteiger partial charge in [0, 0.05) is 11.6 Å². The van der Waals surface area contributed by atoms with E-state index < -0.39 is 5.82 Å². The van der Waals surface area contributed by atoms with Crippen molar-refractivity contribution >= 4 is 0 Å². The predicted molar refractivity (Wildman–Crippen MR) is 76.0 cm³/mol. The molecule has 0 aromatic heterocycles. The van der Waals surface area contributed by atoms with Gasteiger partial charge in [0.05, 0.1) is 0 Å². The van der Waals surface area contributed by atoms with E-state index in [2.05, 4.69) is 6.07 Å². The molecule has 0 bridgehead atoms. The molecular formula is C18H10F3. The van der Waals surface area contributed by atoms with E-state index in [1.807, 2.05) is 0 Å². The quantitative estimate of drug-likeness (QED) is 0.603. The molecular weight excluding hydrogens is 273 g/mol. The molecule has 0 aliphatic rings. The van der Waals surface area contributed by atoms with E-state index in [4.69, 9.17) is 0 Å². The van der Waals surface area contributed by atoms with Gasteiger partial charge in [0.15, 0.2) is 0 Å². The lowest BCUT2D eigenvalue weighted by molar-refractivity contribution is 0.624. The number of hydrogen-bond donors (Lipinski definition) is 0. The molecule has 0 aliphatic carbocycles. The van der Waals surface area contributed by atoms with Crippen molar-refractivity contribution in [3.05, 3.63) is 84.2 Å². The largest absolute Gasteiger partial charge is 0.207 e. The molecule has 103 valence electrons. The molecule has 0 unspecified atom stereocenters. The Labute approximate surface area is 120 Å². The lowest BCUT2D eigenvalue weighted by Crippen LogP contribution is -1.88. The third kappa shape index (κ3) is 2.82. The van der Waals surface area contributed by atoms with Crippen molar-refractivity contribution in [2.24, 2.45) is 0 Å². The lowest BCUT2D eigenvalue weighted by Gasteiger charge is -2.06. The summed E-state index contributed by atoms with van der Waals surface area (Å²) in [5.74, 6) is -1.31. The van der Waals surface area contributed by atoms with Gasteiger partial charge in [0.1, 0.15) is 17.5 Å². The average molecular weight is 283 g/mol. The summed E-state index contributed by atoms with van der Waals surface area (Å²) in [5.41, 5.74) is 1.92. The molecule has 0 aliphatic heterocycles. The molecule has 0 amide bonds. The van der Waals surface area contributed by atoms with Crippen LogP contribution >= 0.6 is 0 Å². The molecule has 0 fully saturated rings. The van der Waals surface area contributed by atoms with E-state index >= 15 is 0 Å². The number of halogens is 3. The summed E-state index contributed by atoms with van der Waals surface area (Å²) in [6, 6.07) is 17.3. The average Bonchev–Trinajstić information content (AvgIpc) is 2.48. The topological polar surface area (TPSA) is 0 Å². The summed E-state index contributed by atoms with van der Waals surface area (Å²) in [6.07, 6.45) is 0. The maximum Gasteiger partial charge on any atom is 0.139 e. The van der Waals surface area contributed by atoms with E-state index in [0.717, 1.165) is 0 Å². The molecule has 0 saturated heterocycles. The van der Waals surface area contributed by atoms with Crippen LogP contribution in [0.4, 0.5) is 13.2 Å². The summed E-state index contributed by atoms with van der Waals surface area (Å²) in [5, 5.41) is 0. The summed E-state index contributed by atoms with van der Waals surface area (Å²) >= 11 is 0. The predicted octanol–water partition coefficient (Wildman–Crippen LogP) is 5.24. The van der Waals surface area contributed by atoms with E-state index in [1.165, 1.54) is 36.4 Å². The van der Waals surface area contributed by atoms with Gasteiger partial charge < -0.3 is 0 Å². The Hall–Kier alpha value is -2.55. The fraction of sp³-hybridized carbons (Fsp3) is 0. The van der Waals surface area contributed by atoms with Crippen molar-refractivity contribution in [1.29, 1.82) is 0 Å². The molecule has 21 heavy (non-hydrogen) atoms. The van der Waals surface area contributed by atoms with Gasteiger partial charge in [-0.15, -0.1) is 0 Å². The normalized spacial score (nSPS) is 10.6.